The van der Waals surface area contributed by atoms with Crippen molar-refractivity contribution < 1.29 is 0 Å². The summed E-state index contributed by atoms with van der Waals surface area (Å²) >= 11 is 6.51. The summed E-state index contributed by atoms with van der Waals surface area (Å²) in [6.45, 7) is 5.48. The van der Waals surface area contributed by atoms with Gasteiger partial charge in [-0.1, -0.05) is 24.4 Å². The number of hydrogen-bond acceptors (Lipinski definition) is 2. The molecule has 1 saturated heterocycles. The third-order valence-electron chi connectivity index (χ3n) is 4.63. The second-order valence-corrected chi connectivity index (χ2v) is 6.77. The summed E-state index contributed by atoms with van der Waals surface area (Å²) in [7, 11) is 0. The third kappa shape index (κ3) is 2.31. The van der Waals surface area contributed by atoms with Crippen molar-refractivity contribution in [3.63, 3.8) is 0 Å². The van der Waals surface area contributed by atoms with Gasteiger partial charge in [0, 0.05) is 6.04 Å². The van der Waals surface area contributed by atoms with Gasteiger partial charge in [0.15, 0.2) is 0 Å². The smallest absolute Gasteiger partial charge is 0.0837 e. The quantitative estimate of drug-likeness (QED) is 0.911. The minimum atomic E-state index is 0.0777. The maximum atomic E-state index is 6.51. The third-order valence-corrected chi connectivity index (χ3v) is 4.90. The Kier molecular flexibility index (Phi) is 3.61. The van der Waals surface area contributed by atoms with Gasteiger partial charge in [0.25, 0.3) is 0 Å². The van der Waals surface area contributed by atoms with Crippen LogP contribution in [0.2, 0.25) is 5.02 Å². The van der Waals surface area contributed by atoms with Gasteiger partial charge in [-0.15, -0.1) is 0 Å². The van der Waals surface area contributed by atoms with Crippen molar-refractivity contribution in [3.8, 4) is 0 Å². The maximum absolute atomic E-state index is 6.51. The Hall–Kier alpha value is -0.540. The highest BCUT2D eigenvalue weighted by Crippen LogP contribution is 2.51. The molecule has 106 valence electrons. The molecule has 1 N–H and O–H groups in total. The molecule has 1 saturated carbocycles. The van der Waals surface area contributed by atoms with E-state index in [2.05, 4.69) is 28.9 Å². The van der Waals surface area contributed by atoms with Crippen LogP contribution in [-0.4, -0.2) is 16.3 Å². The standard InChI is InChI=1S/C15H24ClN3/c1-11(2)19-14(13(16)10-18-19)15(12-6-7-12)8-4-3-5-9-17-15/h10-12,17H,3-9H2,1-2H3. The Bertz CT molecular complexity index is 440. The van der Waals surface area contributed by atoms with Gasteiger partial charge >= 0.3 is 0 Å². The van der Waals surface area contributed by atoms with Crippen LogP contribution in [0.15, 0.2) is 6.20 Å². The van der Waals surface area contributed by atoms with Crippen LogP contribution in [0.5, 0.6) is 0 Å². The van der Waals surface area contributed by atoms with Gasteiger partial charge < -0.3 is 5.32 Å². The Morgan fingerprint density at radius 3 is 2.84 bits per heavy atom. The lowest BCUT2D eigenvalue weighted by Crippen LogP contribution is -2.46. The van der Waals surface area contributed by atoms with Crippen LogP contribution in [0, 0.1) is 5.92 Å². The predicted molar refractivity (Wildman–Crippen MR) is 78.5 cm³/mol. The van der Waals surface area contributed by atoms with Gasteiger partial charge in [-0.05, 0) is 52.0 Å². The van der Waals surface area contributed by atoms with Crippen molar-refractivity contribution in [2.24, 2.45) is 5.92 Å². The summed E-state index contributed by atoms with van der Waals surface area (Å²) < 4.78 is 2.14. The predicted octanol–water partition coefficient (Wildman–Crippen LogP) is 3.89. The first-order chi connectivity index (χ1) is 9.15. The molecule has 0 aromatic carbocycles. The molecule has 0 bridgehead atoms. The van der Waals surface area contributed by atoms with Crippen molar-refractivity contribution >= 4 is 11.6 Å². The van der Waals surface area contributed by atoms with Gasteiger partial charge in [-0.3, -0.25) is 4.68 Å². The molecule has 2 heterocycles. The molecule has 2 fully saturated rings. The Morgan fingerprint density at radius 1 is 1.37 bits per heavy atom. The summed E-state index contributed by atoms with van der Waals surface area (Å²) in [5.74, 6) is 0.747. The molecule has 1 aromatic rings. The van der Waals surface area contributed by atoms with E-state index in [0.29, 0.717) is 6.04 Å². The first kappa shape index (κ1) is 13.4. The molecular formula is C15H24ClN3. The minimum Gasteiger partial charge on any atom is -0.306 e. The highest BCUT2D eigenvalue weighted by molar-refractivity contribution is 6.31. The molecule has 4 heteroatoms. The van der Waals surface area contributed by atoms with Gasteiger partial charge in [-0.2, -0.15) is 5.10 Å². The first-order valence-corrected chi connectivity index (χ1v) is 8.01. The molecule has 0 radical (unpaired) electrons. The number of hydrogen-bond donors (Lipinski definition) is 1. The fraction of sp³-hybridized carbons (Fsp3) is 0.800. The zero-order valence-electron chi connectivity index (χ0n) is 12.0. The van der Waals surface area contributed by atoms with E-state index >= 15 is 0 Å². The van der Waals surface area contributed by atoms with Crippen LogP contribution in [0.4, 0.5) is 0 Å². The van der Waals surface area contributed by atoms with Crippen LogP contribution in [-0.2, 0) is 5.54 Å². The average Bonchev–Trinajstić information content (AvgIpc) is 3.16. The van der Waals surface area contributed by atoms with E-state index in [0.717, 1.165) is 17.5 Å². The molecule has 0 amide bonds. The summed E-state index contributed by atoms with van der Waals surface area (Å²) in [5, 5.41) is 9.21. The lowest BCUT2D eigenvalue weighted by Gasteiger charge is -2.36. The number of rotatable bonds is 3. The van der Waals surface area contributed by atoms with E-state index in [1.54, 1.807) is 0 Å². The molecule has 3 rings (SSSR count). The lowest BCUT2D eigenvalue weighted by atomic mass is 9.84. The van der Waals surface area contributed by atoms with Crippen molar-refractivity contribution in [2.45, 2.75) is 64.0 Å². The highest BCUT2D eigenvalue weighted by Gasteiger charge is 2.49. The van der Waals surface area contributed by atoms with Crippen molar-refractivity contribution in [1.82, 2.24) is 15.1 Å². The van der Waals surface area contributed by atoms with E-state index in [1.165, 1.54) is 44.2 Å². The van der Waals surface area contributed by atoms with E-state index in [1.807, 2.05) is 6.20 Å². The molecule has 3 nitrogen and oxygen atoms in total. The zero-order chi connectivity index (χ0) is 13.5. The second-order valence-electron chi connectivity index (χ2n) is 6.36. The van der Waals surface area contributed by atoms with Crippen LogP contribution < -0.4 is 5.32 Å². The van der Waals surface area contributed by atoms with Gasteiger partial charge in [0.05, 0.1) is 22.5 Å². The van der Waals surface area contributed by atoms with Crippen molar-refractivity contribution in [1.29, 1.82) is 0 Å². The van der Waals surface area contributed by atoms with Gasteiger partial charge in [-0.25, -0.2) is 0 Å². The van der Waals surface area contributed by atoms with E-state index < -0.39 is 0 Å². The van der Waals surface area contributed by atoms with Crippen LogP contribution in [0.25, 0.3) is 0 Å². The summed E-state index contributed by atoms with van der Waals surface area (Å²) in [5.41, 5.74) is 1.32. The molecule has 1 aliphatic heterocycles. The number of halogens is 1. The molecule has 1 aliphatic carbocycles. The SMILES string of the molecule is CC(C)n1ncc(Cl)c1C1(C2CC2)CCCCCN1. The number of nitrogens with zero attached hydrogens (tertiary/aromatic N) is 2. The first-order valence-electron chi connectivity index (χ1n) is 7.63. The van der Waals surface area contributed by atoms with Crippen molar-refractivity contribution in [3.05, 3.63) is 16.9 Å². The van der Waals surface area contributed by atoms with Crippen LogP contribution >= 0.6 is 11.6 Å². The normalized spacial score (nSPS) is 28.6. The van der Waals surface area contributed by atoms with E-state index in [4.69, 9.17) is 11.6 Å². The van der Waals surface area contributed by atoms with E-state index in [9.17, 15) is 0 Å². The Morgan fingerprint density at radius 2 is 2.16 bits per heavy atom. The summed E-state index contributed by atoms with van der Waals surface area (Å²) in [4.78, 5) is 0. The maximum Gasteiger partial charge on any atom is 0.0837 e. The molecule has 1 atom stereocenters. The van der Waals surface area contributed by atoms with Crippen LogP contribution in [0.3, 0.4) is 0 Å². The molecule has 2 aliphatic rings. The fourth-order valence-electron chi connectivity index (χ4n) is 3.58. The average molecular weight is 282 g/mol. The molecule has 1 aromatic heterocycles. The summed E-state index contributed by atoms with van der Waals surface area (Å²) in [6, 6.07) is 0.364. The van der Waals surface area contributed by atoms with Gasteiger partial charge in [0.1, 0.15) is 0 Å². The monoisotopic (exact) mass is 281 g/mol. The summed E-state index contributed by atoms with van der Waals surface area (Å²) in [6.07, 6.45) is 9.59. The number of aromatic nitrogens is 2. The highest BCUT2D eigenvalue weighted by atomic mass is 35.5. The molecule has 0 spiro atoms. The van der Waals surface area contributed by atoms with Crippen molar-refractivity contribution in [2.75, 3.05) is 6.54 Å². The lowest BCUT2D eigenvalue weighted by molar-refractivity contribution is 0.251. The largest absolute Gasteiger partial charge is 0.306 e. The molecule has 19 heavy (non-hydrogen) atoms. The minimum absolute atomic E-state index is 0.0777. The topological polar surface area (TPSA) is 29.9 Å². The second kappa shape index (κ2) is 5.10. The Labute approximate surface area is 120 Å². The Balaban J connectivity index is 2.06. The fourth-order valence-corrected chi connectivity index (χ4v) is 3.87. The molecule has 1 unspecified atom stereocenters. The zero-order valence-corrected chi connectivity index (χ0v) is 12.7. The van der Waals surface area contributed by atoms with Gasteiger partial charge in [0.2, 0.25) is 0 Å². The van der Waals surface area contributed by atoms with Crippen LogP contribution in [0.1, 0.15) is 64.1 Å². The van der Waals surface area contributed by atoms with E-state index in [-0.39, 0.29) is 5.54 Å². The number of nitrogens with one attached hydrogen (secondary N) is 1. The molecular weight excluding hydrogens is 258 g/mol.